The monoisotopic (exact) mass is 319 g/mol. The summed E-state index contributed by atoms with van der Waals surface area (Å²) in [6.45, 7) is 0.411. The van der Waals surface area contributed by atoms with E-state index in [9.17, 15) is 4.79 Å². The summed E-state index contributed by atoms with van der Waals surface area (Å²) in [6.07, 6.45) is 2.34. The number of nitrogens with zero attached hydrogens (tertiary/aromatic N) is 2. The van der Waals surface area contributed by atoms with Crippen molar-refractivity contribution in [3.63, 3.8) is 0 Å². The smallest absolute Gasteiger partial charge is 0.274 e. The molecule has 1 fully saturated rings. The molecule has 0 atom stereocenters. The molecule has 5 nitrogen and oxygen atoms in total. The third kappa shape index (κ3) is 3.09. The molecule has 1 aliphatic carbocycles. The molecule has 0 saturated heterocycles. The van der Waals surface area contributed by atoms with Crippen molar-refractivity contribution in [1.82, 2.24) is 15.1 Å². The van der Waals surface area contributed by atoms with Gasteiger partial charge in [0.25, 0.3) is 5.91 Å². The Hall–Kier alpha value is -2.01. The Kier molecular flexibility index (Phi) is 4.07. The van der Waals surface area contributed by atoms with Gasteiger partial charge in [-0.05, 0) is 37.1 Å². The summed E-state index contributed by atoms with van der Waals surface area (Å²) < 4.78 is 5.31. The number of halogens is 1. The number of rotatable bonds is 5. The average Bonchev–Trinajstić information content (AvgIpc) is 3.24. The van der Waals surface area contributed by atoms with Crippen LogP contribution in [0.15, 0.2) is 24.3 Å². The van der Waals surface area contributed by atoms with Crippen molar-refractivity contribution in [2.24, 2.45) is 0 Å². The van der Waals surface area contributed by atoms with E-state index >= 15 is 0 Å². The van der Waals surface area contributed by atoms with Gasteiger partial charge in [0, 0.05) is 35.8 Å². The minimum Gasteiger partial charge on any atom is -0.496 e. The van der Waals surface area contributed by atoms with Crippen molar-refractivity contribution in [2.45, 2.75) is 25.3 Å². The lowest BCUT2D eigenvalue weighted by atomic mass is 10.2. The van der Waals surface area contributed by atoms with Gasteiger partial charge in [0.2, 0.25) is 0 Å². The SMILES string of the molecule is COc1ccc(Cl)cc1CN(C)C(=O)c1cc(C2CC2)[nH]n1. The van der Waals surface area contributed by atoms with Crippen molar-refractivity contribution in [3.05, 3.63) is 46.2 Å². The minimum absolute atomic E-state index is 0.120. The number of amides is 1. The molecular formula is C16H18ClN3O2. The van der Waals surface area contributed by atoms with Gasteiger partial charge in [-0.1, -0.05) is 11.6 Å². The predicted octanol–water partition coefficient (Wildman–Crippen LogP) is 3.22. The van der Waals surface area contributed by atoms with E-state index in [1.54, 1.807) is 31.2 Å². The maximum atomic E-state index is 12.5. The number of benzene rings is 1. The standard InChI is InChI=1S/C16H18ClN3O2/c1-20(9-11-7-12(17)5-6-15(11)22-2)16(21)14-8-13(18-19-14)10-3-4-10/h5-8,10H,3-4,9H2,1-2H3,(H,18,19). The molecule has 0 bridgehead atoms. The van der Waals surface area contributed by atoms with Crippen LogP contribution in [0.2, 0.25) is 5.02 Å². The number of nitrogens with one attached hydrogen (secondary N) is 1. The van der Waals surface area contributed by atoms with E-state index < -0.39 is 0 Å². The second-order valence-electron chi connectivity index (χ2n) is 5.60. The van der Waals surface area contributed by atoms with E-state index in [-0.39, 0.29) is 5.91 Å². The summed E-state index contributed by atoms with van der Waals surface area (Å²) in [7, 11) is 3.35. The minimum atomic E-state index is -0.120. The molecule has 3 rings (SSSR count). The van der Waals surface area contributed by atoms with Crippen LogP contribution in [0.4, 0.5) is 0 Å². The number of aromatic amines is 1. The van der Waals surface area contributed by atoms with E-state index in [0.29, 0.717) is 28.9 Å². The van der Waals surface area contributed by atoms with Gasteiger partial charge in [-0.15, -0.1) is 0 Å². The Morgan fingerprint density at radius 3 is 2.91 bits per heavy atom. The lowest BCUT2D eigenvalue weighted by molar-refractivity contribution is 0.0778. The summed E-state index contributed by atoms with van der Waals surface area (Å²) >= 11 is 6.02. The third-order valence-corrected chi connectivity index (χ3v) is 4.07. The first-order chi connectivity index (χ1) is 10.6. The fraction of sp³-hybridized carbons (Fsp3) is 0.375. The van der Waals surface area contributed by atoms with Crippen LogP contribution in [0.25, 0.3) is 0 Å². The molecule has 1 N–H and O–H groups in total. The highest BCUT2D eigenvalue weighted by atomic mass is 35.5. The summed E-state index contributed by atoms with van der Waals surface area (Å²) in [5.41, 5.74) is 2.37. The van der Waals surface area contributed by atoms with Crippen molar-refractivity contribution in [3.8, 4) is 5.75 Å². The number of carbonyl (C=O) groups excluding carboxylic acids is 1. The predicted molar refractivity (Wildman–Crippen MR) is 84.4 cm³/mol. The van der Waals surface area contributed by atoms with Crippen molar-refractivity contribution >= 4 is 17.5 Å². The van der Waals surface area contributed by atoms with Gasteiger partial charge in [0.1, 0.15) is 11.4 Å². The molecule has 116 valence electrons. The molecule has 1 amide bonds. The molecule has 22 heavy (non-hydrogen) atoms. The van der Waals surface area contributed by atoms with E-state index in [2.05, 4.69) is 10.2 Å². The zero-order valence-corrected chi connectivity index (χ0v) is 13.4. The molecule has 1 saturated carbocycles. The molecule has 1 heterocycles. The lowest BCUT2D eigenvalue weighted by Crippen LogP contribution is -2.26. The van der Waals surface area contributed by atoms with Gasteiger partial charge in [-0.2, -0.15) is 5.10 Å². The quantitative estimate of drug-likeness (QED) is 0.920. The fourth-order valence-electron chi connectivity index (χ4n) is 2.44. The molecular weight excluding hydrogens is 302 g/mol. The molecule has 0 unspecified atom stereocenters. The first-order valence-electron chi connectivity index (χ1n) is 7.21. The van der Waals surface area contributed by atoms with Gasteiger partial charge < -0.3 is 9.64 Å². The van der Waals surface area contributed by atoms with E-state index in [0.717, 1.165) is 11.3 Å². The highest BCUT2D eigenvalue weighted by Gasteiger charge is 2.27. The Morgan fingerprint density at radius 1 is 1.45 bits per heavy atom. The molecule has 1 aromatic heterocycles. The Morgan fingerprint density at radius 2 is 2.23 bits per heavy atom. The Balaban J connectivity index is 1.74. The first kappa shape index (κ1) is 14.9. The van der Waals surface area contributed by atoms with Crippen LogP contribution in [0.3, 0.4) is 0 Å². The summed E-state index contributed by atoms with van der Waals surface area (Å²) in [5.74, 6) is 1.14. The van der Waals surface area contributed by atoms with Crippen LogP contribution < -0.4 is 4.74 Å². The van der Waals surface area contributed by atoms with Crippen molar-refractivity contribution in [2.75, 3.05) is 14.2 Å². The van der Waals surface area contributed by atoms with Crippen LogP contribution in [0.5, 0.6) is 5.75 Å². The van der Waals surface area contributed by atoms with Crippen LogP contribution >= 0.6 is 11.6 Å². The fourth-order valence-corrected chi connectivity index (χ4v) is 2.64. The second-order valence-corrected chi connectivity index (χ2v) is 6.04. The van der Waals surface area contributed by atoms with Crippen molar-refractivity contribution in [1.29, 1.82) is 0 Å². The number of ether oxygens (including phenoxy) is 1. The maximum Gasteiger partial charge on any atom is 0.274 e. The highest BCUT2D eigenvalue weighted by Crippen LogP contribution is 2.39. The lowest BCUT2D eigenvalue weighted by Gasteiger charge is -2.18. The summed E-state index contributed by atoms with van der Waals surface area (Å²) in [5, 5.41) is 7.70. The normalized spacial score (nSPS) is 14.0. The van der Waals surface area contributed by atoms with Crippen LogP contribution in [0, 0.1) is 0 Å². The highest BCUT2D eigenvalue weighted by molar-refractivity contribution is 6.30. The van der Waals surface area contributed by atoms with Crippen LogP contribution in [0.1, 0.15) is 40.5 Å². The van der Waals surface area contributed by atoms with E-state index in [1.807, 2.05) is 12.1 Å². The molecule has 0 aliphatic heterocycles. The average molecular weight is 320 g/mol. The molecule has 6 heteroatoms. The van der Waals surface area contributed by atoms with Gasteiger partial charge in [-0.3, -0.25) is 9.89 Å². The number of hydrogen-bond donors (Lipinski definition) is 1. The maximum absolute atomic E-state index is 12.5. The second kappa shape index (κ2) is 6.01. The largest absolute Gasteiger partial charge is 0.496 e. The summed E-state index contributed by atoms with van der Waals surface area (Å²) in [6, 6.07) is 7.23. The Bertz CT molecular complexity index is 694. The number of hydrogen-bond acceptors (Lipinski definition) is 3. The topological polar surface area (TPSA) is 58.2 Å². The zero-order valence-electron chi connectivity index (χ0n) is 12.6. The zero-order chi connectivity index (χ0) is 15.7. The number of methoxy groups -OCH3 is 1. The van der Waals surface area contributed by atoms with Gasteiger partial charge in [0.15, 0.2) is 0 Å². The Labute approximate surface area is 134 Å². The van der Waals surface area contributed by atoms with Gasteiger partial charge >= 0.3 is 0 Å². The molecule has 1 aromatic carbocycles. The van der Waals surface area contributed by atoms with Gasteiger partial charge in [-0.25, -0.2) is 0 Å². The molecule has 2 aromatic rings. The third-order valence-electron chi connectivity index (χ3n) is 3.83. The van der Waals surface area contributed by atoms with Gasteiger partial charge in [0.05, 0.1) is 7.11 Å². The van der Waals surface area contributed by atoms with Crippen LogP contribution in [-0.4, -0.2) is 35.2 Å². The number of H-pyrrole nitrogens is 1. The first-order valence-corrected chi connectivity index (χ1v) is 7.59. The van der Waals surface area contributed by atoms with E-state index in [4.69, 9.17) is 16.3 Å². The number of aromatic nitrogens is 2. The summed E-state index contributed by atoms with van der Waals surface area (Å²) in [4.78, 5) is 14.1. The molecule has 0 spiro atoms. The van der Waals surface area contributed by atoms with E-state index in [1.165, 1.54) is 12.8 Å². The van der Waals surface area contributed by atoms with Crippen LogP contribution in [-0.2, 0) is 6.54 Å². The number of carbonyl (C=O) groups is 1. The molecule has 0 radical (unpaired) electrons. The molecule has 1 aliphatic rings. The van der Waals surface area contributed by atoms with Crippen molar-refractivity contribution < 1.29 is 9.53 Å².